The molecule has 0 bridgehead atoms. The van der Waals surface area contributed by atoms with Crippen LogP contribution >= 0.6 is 0 Å². The van der Waals surface area contributed by atoms with E-state index < -0.39 is 0 Å². The van der Waals surface area contributed by atoms with E-state index in [4.69, 9.17) is 0 Å². The highest BCUT2D eigenvalue weighted by Crippen LogP contribution is 2.21. The van der Waals surface area contributed by atoms with Gasteiger partial charge in [-0.25, -0.2) is 0 Å². The maximum Gasteiger partial charge on any atom is 0.155 e. The summed E-state index contributed by atoms with van der Waals surface area (Å²) in [6, 6.07) is -0.0278. The van der Waals surface area contributed by atoms with E-state index in [0.29, 0.717) is 11.7 Å². The predicted octanol–water partition coefficient (Wildman–Crippen LogP) is 4.04. The summed E-state index contributed by atoms with van der Waals surface area (Å²) in [6.45, 7) is 16.6. The van der Waals surface area contributed by atoms with Gasteiger partial charge in [0.05, 0.1) is 6.04 Å². The van der Waals surface area contributed by atoms with E-state index in [1.165, 1.54) is 0 Å². The molecule has 0 heterocycles. The van der Waals surface area contributed by atoms with Gasteiger partial charge in [-0.2, -0.15) is 0 Å². The number of hydrogen-bond acceptors (Lipinski definition) is 2. The van der Waals surface area contributed by atoms with Crippen molar-refractivity contribution in [1.29, 1.82) is 0 Å². The molecule has 0 aromatic carbocycles. The Hall–Kier alpha value is -0.370. The van der Waals surface area contributed by atoms with Crippen molar-refractivity contribution >= 4 is 5.78 Å². The topological polar surface area (TPSA) is 29.1 Å². The maximum atomic E-state index is 12.3. The quantitative estimate of drug-likeness (QED) is 0.807. The molecule has 0 spiro atoms. The van der Waals surface area contributed by atoms with Gasteiger partial charge in [-0.1, -0.05) is 42.0 Å². The van der Waals surface area contributed by atoms with E-state index in [1.807, 2.05) is 20.8 Å². The minimum Gasteiger partial charge on any atom is -0.303 e. The number of carbonyl (C=O) groups excluding carboxylic acids is 1. The maximum absolute atomic E-state index is 12.3. The number of ketones is 1. The SMILES string of the molecule is C.CC(C)CC(NC(C)(C)C)C(=O)C(C)(C)C. The smallest absolute Gasteiger partial charge is 0.155 e. The number of rotatable bonds is 4. The molecule has 104 valence electrons. The predicted molar refractivity (Wildman–Crippen MR) is 77.3 cm³/mol. The summed E-state index contributed by atoms with van der Waals surface area (Å²) in [4.78, 5) is 12.3. The lowest BCUT2D eigenvalue weighted by Gasteiger charge is -2.32. The molecule has 0 aliphatic heterocycles. The number of hydrogen-bond donors (Lipinski definition) is 1. The second kappa shape index (κ2) is 6.53. The average molecular weight is 243 g/mol. The highest BCUT2D eigenvalue weighted by Gasteiger charge is 2.32. The van der Waals surface area contributed by atoms with Crippen molar-refractivity contribution in [2.45, 2.75) is 80.8 Å². The summed E-state index contributed by atoms with van der Waals surface area (Å²) >= 11 is 0. The van der Waals surface area contributed by atoms with Gasteiger partial charge >= 0.3 is 0 Å². The Labute approximate surface area is 109 Å². The van der Waals surface area contributed by atoms with Crippen LogP contribution in [-0.4, -0.2) is 17.4 Å². The van der Waals surface area contributed by atoms with Gasteiger partial charge in [0.1, 0.15) is 0 Å². The fourth-order valence-electron chi connectivity index (χ4n) is 1.75. The van der Waals surface area contributed by atoms with Crippen molar-refractivity contribution < 1.29 is 4.79 Å². The molecular weight excluding hydrogens is 210 g/mol. The van der Waals surface area contributed by atoms with Gasteiger partial charge in [0, 0.05) is 11.0 Å². The van der Waals surface area contributed by atoms with E-state index in [-0.39, 0.29) is 24.4 Å². The van der Waals surface area contributed by atoms with Crippen LogP contribution in [0.25, 0.3) is 0 Å². The first-order valence-electron chi connectivity index (χ1n) is 6.25. The van der Waals surface area contributed by atoms with Crippen molar-refractivity contribution in [1.82, 2.24) is 5.32 Å². The van der Waals surface area contributed by atoms with Gasteiger partial charge in [0.15, 0.2) is 5.78 Å². The lowest BCUT2D eigenvalue weighted by Crippen LogP contribution is -2.51. The van der Waals surface area contributed by atoms with Gasteiger partial charge in [-0.3, -0.25) is 4.79 Å². The van der Waals surface area contributed by atoms with Crippen molar-refractivity contribution in [3.63, 3.8) is 0 Å². The van der Waals surface area contributed by atoms with Gasteiger partial charge in [-0.15, -0.1) is 0 Å². The van der Waals surface area contributed by atoms with Crippen LogP contribution in [0.1, 0.15) is 69.2 Å². The molecule has 0 aromatic rings. The Kier molecular flexibility index (Phi) is 7.29. The number of carbonyl (C=O) groups is 1. The molecule has 0 saturated carbocycles. The zero-order valence-corrected chi connectivity index (χ0v) is 12.3. The van der Waals surface area contributed by atoms with Gasteiger partial charge < -0.3 is 5.32 Å². The van der Waals surface area contributed by atoms with Gasteiger partial charge in [-0.05, 0) is 33.1 Å². The van der Waals surface area contributed by atoms with E-state index in [9.17, 15) is 4.79 Å². The molecule has 0 amide bonds. The van der Waals surface area contributed by atoms with Crippen molar-refractivity contribution in [2.24, 2.45) is 11.3 Å². The fourth-order valence-corrected chi connectivity index (χ4v) is 1.75. The van der Waals surface area contributed by atoms with Crippen LogP contribution in [0.15, 0.2) is 0 Å². The second-order valence-corrected chi connectivity index (χ2v) is 7.19. The summed E-state index contributed by atoms with van der Waals surface area (Å²) in [7, 11) is 0. The average Bonchev–Trinajstić information content (AvgIpc) is 1.96. The molecule has 1 atom stereocenters. The molecule has 0 aliphatic carbocycles. The lowest BCUT2D eigenvalue weighted by atomic mass is 9.83. The highest BCUT2D eigenvalue weighted by molar-refractivity contribution is 5.88. The minimum atomic E-state index is -0.266. The standard InChI is InChI=1S/C14H29NO.CH4/c1-10(2)9-11(15-14(6,7)8)12(16)13(3,4)5;/h10-11,15H,9H2,1-8H3;1H4. The first-order chi connectivity index (χ1) is 6.93. The molecule has 0 rings (SSSR count). The van der Waals surface area contributed by atoms with Crippen LogP contribution in [0.4, 0.5) is 0 Å². The first-order valence-corrected chi connectivity index (χ1v) is 6.25. The summed E-state index contributed by atoms with van der Waals surface area (Å²) in [5, 5.41) is 3.44. The minimum absolute atomic E-state index is 0. The van der Waals surface area contributed by atoms with Crippen LogP contribution in [0.3, 0.4) is 0 Å². The van der Waals surface area contributed by atoms with E-state index in [0.717, 1.165) is 6.42 Å². The van der Waals surface area contributed by atoms with Crippen molar-refractivity contribution in [3.8, 4) is 0 Å². The molecule has 2 heteroatoms. The summed E-state index contributed by atoms with van der Waals surface area (Å²) in [5.74, 6) is 0.849. The van der Waals surface area contributed by atoms with Crippen LogP contribution in [0.5, 0.6) is 0 Å². The third kappa shape index (κ3) is 8.37. The van der Waals surface area contributed by atoms with Crippen LogP contribution < -0.4 is 5.32 Å². The Morgan fingerprint density at radius 1 is 1.06 bits per heavy atom. The first kappa shape index (κ1) is 19.0. The molecule has 0 radical (unpaired) electrons. The van der Waals surface area contributed by atoms with E-state index in [1.54, 1.807) is 0 Å². The molecule has 0 fully saturated rings. The molecule has 2 nitrogen and oxygen atoms in total. The Bertz CT molecular complexity index is 230. The Morgan fingerprint density at radius 3 is 1.71 bits per heavy atom. The number of Topliss-reactive ketones (excluding diaryl/α,β-unsaturated/α-hetero) is 1. The molecule has 0 aliphatic rings. The van der Waals surface area contributed by atoms with E-state index in [2.05, 4.69) is 39.9 Å². The van der Waals surface area contributed by atoms with Crippen LogP contribution in [-0.2, 0) is 4.79 Å². The second-order valence-electron chi connectivity index (χ2n) is 7.19. The van der Waals surface area contributed by atoms with Crippen molar-refractivity contribution in [2.75, 3.05) is 0 Å². The van der Waals surface area contributed by atoms with Crippen LogP contribution in [0, 0.1) is 11.3 Å². The molecule has 0 saturated heterocycles. The Morgan fingerprint density at radius 2 is 1.47 bits per heavy atom. The largest absolute Gasteiger partial charge is 0.303 e. The zero-order chi connectivity index (χ0) is 13.1. The summed E-state index contributed by atoms with van der Waals surface area (Å²) in [6.07, 6.45) is 0.910. The molecule has 1 N–H and O–H groups in total. The molecular formula is C15H33NO. The summed E-state index contributed by atoms with van der Waals surface area (Å²) in [5.41, 5.74) is -0.279. The molecule has 1 unspecified atom stereocenters. The monoisotopic (exact) mass is 243 g/mol. The third-order valence-electron chi connectivity index (χ3n) is 2.37. The van der Waals surface area contributed by atoms with Gasteiger partial charge in [0.25, 0.3) is 0 Å². The Balaban J connectivity index is 0. The fraction of sp³-hybridized carbons (Fsp3) is 0.933. The lowest BCUT2D eigenvalue weighted by molar-refractivity contribution is -0.129. The number of nitrogens with one attached hydrogen (secondary N) is 1. The summed E-state index contributed by atoms with van der Waals surface area (Å²) < 4.78 is 0. The molecule has 0 aromatic heterocycles. The third-order valence-corrected chi connectivity index (χ3v) is 2.37. The van der Waals surface area contributed by atoms with Gasteiger partial charge in [0.2, 0.25) is 0 Å². The molecule has 17 heavy (non-hydrogen) atoms. The van der Waals surface area contributed by atoms with Crippen molar-refractivity contribution in [3.05, 3.63) is 0 Å². The highest BCUT2D eigenvalue weighted by atomic mass is 16.1. The normalized spacial score (nSPS) is 14.4. The van der Waals surface area contributed by atoms with Crippen LogP contribution in [0.2, 0.25) is 0 Å². The zero-order valence-electron chi connectivity index (χ0n) is 12.3. The van der Waals surface area contributed by atoms with E-state index >= 15 is 0 Å².